The molecular formula is C10H18O4. The second kappa shape index (κ2) is 4.40. The summed E-state index contributed by atoms with van der Waals surface area (Å²) >= 11 is 0. The van der Waals surface area contributed by atoms with Crippen molar-refractivity contribution in [3.8, 4) is 0 Å². The van der Waals surface area contributed by atoms with E-state index in [1.165, 1.54) is 0 Å². The Kier molecular flexibility index (Phi) is 3.66. The highest BCUT2D eigenvalue weighted by atomic mass is 16.8. The average molecular weight is 202 g/mol. The van der Waals surface area contributed by atoms with Crippen LogP contribution in [0.4, 0.5) is 0 Å². The molecule has 0 radical (unpaired) electrons. The van der Waals surface area contributed by atoms with Crippen LogP contribution in [0.15, 0.2) is 12.2 Å². The van der Waals surface area contributed by atoms with E-state index in [0.29, 0.717) is 0 Å². The van der Waals surface area contributed by atoms with Crippen LogP contribution in [-0.4, -0.2) is 40.9 Å². The van der Waals surface area contributed by atoms with Crippen LogP contribution in [0.1, 0.15) is 20.8 Å². The molecule has 14 heavy (non-hydrogen) atoms. The van der Waals surface area contributed by atoms with Gasteiger partial charge < -0.3 is 19.7 Å². The zero-order chi connectivity index (χ0) is 10.8. The molecule has 0 amide bonds. The van der Waals surface area contributed by atoms with Gasteiger partial charge >= 0.3 is 0 Å². The monoisotopic (exact) mass is 202 g/mol. The molecule has 4 heteroatoms. The predicted octanol–water partition coefficient (Wildman–Crippen LogP) is 0.436. The minimum Gasteiger partial charge on any atom is -0.392 e. The summed E-state index contributed by atoms with van der Waals surface area (Å²) in [6.07, 6.45) is 2.05. The molecule has 3 atom stereocenters. The lowest BCUT2D eigenvalue weighted by Crippen LogP contribution is -2.32. The van der Waals surface area contributed by atoms with Crippen molar-refractivity contribution in [2.45, 2.75) is 44.9 Å². The molecule has 0 aromatic carbocycles. The molecule has 1 saturated heterocycles. The third kappa shape index (κ3) is 2.78. The van der Waals surface area contributed by atoms with Gasteiger partial charge in [0.15, 0.2) is 5.79 Å². The fourth-order valence-corrected chi connectivity index (χ4v) is 1.53. The number of ether oxygens (including phenoxy) is 2. The maximum atomic E-state index is 9.45. The Morgan fingerprint density at radius 1 is 1.43 bits per heavy atom. The van der Waals surface area contributed by atoms with Gasteiger partial charge in [-0.2, -0.15) is 0 Å². The summed E-state index contributed by atoms with van der Waals surface area (Å²) in [6.45, 7) is 5.23. The van der Waals surface area contributed by atoms with E-state index in [4.69, 9.17) is 14.6 Å². The first-order valence-corrected chi connectivity index (χ1v) is 4.77. The van der Waals surface area contributed by atoms with Gasteiger partial charge in [0.1, 0.15) is 12.2 Å². The molecule has 1 rings (SSSR count). The Morgan fingerprint density at radius 2 is 2.07 bits per heavy atom. The molecule has 0 bridgehead atoms. The maximum Gasteiger partial charge on any atom is 0.164 e. The highest BCUT2D eigenvalue weighted by Crippen LogP contribution is 2.30. The van der Waals surface area contributed by atoms with E-state index in [1.54, 1.807) is 32.9 Å². The standard InChI is InChI=1S/C10H18O4/c1-7(12)9-8(5-4-6-11)13-10(2,3)14-9/h4-5,7-9,11-12H,6H2,1-3H3/b5-4-/t7-,8+,9-/m0/s1. The predicted molar refractivity (Wildman–Crippen MR) is 51.7 cm³/mol. The van der Waals surface area contributed by atoms with E-state index >= 15 is 0 Å². The summed E-state index contributed by atoms with van der Waals surface area (Å²) in [5.41, 5.74) is 0. The second-order valence-electron chi connectivity index (χ2n) is 3.92. The van der Waals surface area contributed by atoms with Gasteiger partial charge in [0.25, 0.3) is 0 Å². The Hall–Kier alpha value is -0.420. The molecule has 1 heterocycles. The molecule has 2 N–H and O–H groups in total. The Labute approximate surface area is 84.1 Å². The first kappa shape index (κ1) is 11.7. The lowest BCUT2D eigenvalue weighted by molar-refractivity contribution is -0.152. The van der Waals surface area contributed by atoms with Crippen molar-refractivity contribution in [3.63, 3.8) is 0 Å². The smallest absolute Gasteiger partial charge is 0.164 e. The van der Waals surface area contributed by atoms with Crippen molar-refractivity contribution >= 4 is 0 Å². The quantitative estimate of drug-likeness (QED) is 0.652. The average Bonchev–Trinajstić information content (AvgIpc) is 2.38. The highest BCUT2D eigenvalue weighted by Gasteiger charge is 2.42. The molecule has 4 nitrogen and oxygen atoms in total. The summed E-state index contributed by atoms with van der Waals surface area (Å²) in [7, 11) is 0. The van der Waals surface area contributed by atoms with Crippen LogP contribution in [-0.2, 0) is 9.47 Å². The first-order chi connectivity index (χ1) is 6.46. The molecule has 82 valence electrons. The van der Waals surface area contributed by atoms with Gasteiger partial charge in [-0.3, -0.25) is 0 Å². The molecular weight excluding hydrogens is 184 g/mol. The van der Waals surface area contributed by atoms with Crippen molar-refractivity contribution in [3.05, 3.63) is 12.2 Å². The zero-order valence-corrected chi connectivity index (χ0v) is 8.80. The lowest BCUT2D eigenvalue weighted by Gasteiger charge is -2.18. The van der Waals surface area contributed by atoms with Crippen molar-refractivity contribution < 1.29 is 19.7 Å². The molecule has 1 fully saturated rings. The van der Waals surface area contributed by atoms with E-state index in [0.717, 1.165) is 0 Å². The molecule has 0 aromatic rings. The molecule has 1 aliphatic rings. The van der Waals surface area contributed by atoms with Crippen LogP contribution in [0.3, 0.4) is 0 Å². The summed E-state index contributed by atoms with van der Waals surface area (Å²) < 4.78 is 11.1. The van der Waals surface area contributed by atoms with E-state index in [1.807, 2.05) is 0 Å². The van der Waals surface area contributed by atoms with Gasteiger partial charge in [0, 0.05) is 0 Å². The van der Waals surface area contributed by atoms with Crippen molar-refractivity contribution in [1.82, 2.24) is 0 Å². The van der Waals surface area contributed by atoms with Crippen molar-refractivity contribution in [2.24, 2.45) is 0 Å². The summed E-state index contributed by atoms with van der Waals surface area (Å²) in [5.74, 6) is -0.674. The van der Waals surface area contributed by atoms with Gasteiger partial charge in [0.05, 0.1) is 12.7 Å². The van der Waals surface area contributed by atoms with Gasteiger partial charge in [-0.1, -0.05) is 12.2 Å². The van der Waals surface area contributed by atoms with Crippen LogP contribution >= 0.6 is 0 Å². The van der Waals surface area contributed by atoms with Gasteiger partial charge in [-0.05, 0) is 20.8 Å². The van der Waals surface area contributed by atoms with Crippen molar-refractivity contribution in [2.75, 3.05) is 6.61 Å². The largest absolute Gasteiger partial charge is 0.392 e. The SMILES string of the molecule is C[C@H](O)[C@@H]1OC(C)(C)O[C@@H]1/C=C\CO. The van der Waals surface area contributed by atoms with E-state index in [2.05, 4.69) is 0 Å². The van der Waals surface area contributed by atoms with E-state index in [-0.39, 0.29) is 18.8 Å². The molecule has 0 aromatic heterocycles. The van der Waals surface area contributed by atoms with Crippen LogP contribution in [0.2, 0.25) is 0 Å². The Morgan fingerprint density at radius 3 is 2.57 bits per heavy atom. The zero-order valence-electron chi connectivity index (χ0n) is 8.80. The first-order valence-electron chi connectivity index (χ1n) is 4.77. The summed E-state index contributed by atoms with van der Waals surface area (Å²) in [5, 5.41) is 18.1. The number of aliphatic hydroxyl groups is 2. The molecule has 0 spiro atoms. The van der Waals surface area contributed by atoms with E-state index < -0.39 is 11.9 Å². The fourth-order valence-electron chi connectivity index (χ4n) is 1.53. The second-order valence-corrected chi connectivity index (χ2v) is 3.92. The third-order valence-corrected chi connectivity index (χ3v) is 2.07. The maximum absolute atomic E-state index is 9.45. The molecule has 0 saturated carbocycles. The summed E-state index contributed by atoms with van der Waals surface area (Å²) in [6, 6.07) is 0. The minimum atomic E-state index is -0.674. The lowest BCUT2D eigenvalue weighted by atomic mass is 10.1. The van der Waals surface area contributed by atoms with Crippen LogP contribution in [0, 0.1) is 0 Å². The molecule has 0 aliphatic carbocycles. The van der Waals surface area contributed by atoms with Gasteiger partial charge in [-0.25, -0.2) is 0 Å². The van der Waals surface area contributed by atoms with Gasteiger partial charge in [0.2, 0.25) is 0 Å². The van der Waals surface area contributed by atoms with Crippen LogP contribution < -0.4 is 0 Å². The number of hydrogen-bond acceptors (Lipinski definition) is 4. The van der Waals surface area contributed by atoms with E-state index in [9.17, 15) is 5.11 Å². The number of hydrogen-bond donors (Lipinski definition) is 2. The number of rotatable bonds is 3. The van der Waals surface area contributed by atoms with Crippen LogP contribution in [0.5, 0.6) is 0 Å². The Balaban J connectivity index is 2.67. The normalized spacial score (nSPS) is 33.8. The fraction of sp³-hybridized carbons (Fsp3) is 0.800. The van der Waals surface area contributed by atoms with Crippen LogP contribution in [0.25, 0.3) is 0 Å². The number of aliphatic hydroxyl groups excluding tert-OH is 2. The molecule has 1 aliphatic heterocycles. The third-order valence-electron chi connectivity index (χ3n) is 2.07. The highest BCUT2D eigenvalue weighted by molar-refractivity contribution is 4.99. The topological polar surface area (TPSA) is 58.9 Å². The van der Waals surface area contributed by atoms with Crippen molar-refractivity contribution in [1.29, 1.82) is 0 Å². The minimum absolute atomic E-state index is 0.0349. The Bertz CT molecular complexity index is 210. The summed E-state index contributed by atoms with van der Waals surface area (Å²) in [4.78, 5) is 0. The van der Waals surface area contributed by atoms with Gasteiger partial charge in [-0.15, -0.1) is 0 Å². The molecule has 0 unspecified atom stereocenters.